The van der Waals surface area contributed by atoms with Gasteiger partial charge in [-0.15, -0.1) is 12.4 Å². The highest BCUT2D eigenvalue weighted by molar-refractivity contribution is 5.85. The fourth-order valence-corrected chi connectivity index (χ4v) is 1.65. The highest BCUT2D eigenvalue weighted by Gasteiger charge is 2.31. The molecule has 1 heterocycles. The Balaban J connectivity index is 0.00000128. The van der Waals surface area contributed by atoms with E-state index in [-0.39, 0.29) is 12.4 Å². The Morgan fingerprint density at radius 1 is 1.31 bits per heavy atom. The summed E-state index contributed by atoms with van der Waals surface area (Å²) in [5, 5.41) is 12.1. The van der Waals surface area contributed by atoms with Crippen LogP contribution in [-0.4, -0.2) is 17.8 Å². The first-order valence-electron chi connectivity index (χ1n) is 4.59. The van der Waals surface area contributed by atoms with E-state index >= 15 is 0 Å². The molecule has 2 rings (SSSR count). The second-order valence-electron chi connectivity index (χ2n) is 3.61. The molecule has 0 aromatic heterocycles. The molecule has 0 aliphatic carbocycles. The second-order valence-corrected chi connectivity index (χ2v) is 3.61. The summed E-state index contributed by atoms with van der Waals surface area (Å²) in [5.41, 5.74) is 0.530. The Hall–Kier alpha value is -0.940. The average Bonchev–Trinajstić information content (AvgIpc) is 2.15. The molecule has 0 amide bonds. The molecule has 0 radical (unpaired) electrons. The molecule has 2 nitrogen and oxygen atoms in total. The Kier molecular flexibility index (Phi) is 3.70. The Morgan fingerprint density at radius 3 is 2.62 bits per heavy atom. The standard InChI is InChI=1S/C10H10F3NO.ClH/c11-10(12,13)7-2-1-6-3-8(15)5-14-9(6)4-7;/h1-2,4,8,14-15H,3,5H2;1H. The van der Waals surface area contributed by atoms with Crippen LogP contribution in [0.3, 0.4) is 0 Å². The summed E-state index contributed by atoms with van der Waals surface area (Å²) in [6, 6.07) is 3.54. The van der Waals surface area contributed by atoms with Crippen molar-refractivity contribution in [1.29, 1.82) is 0 Å². The van der Waals surface area contributed by atoms with E-state index in [9.17, 15) is 18.3 Å². The number of β-amino-alcohol motifs (C(OH)–C–C–N with tert-alkyl or cyclic N) is 1. The summed E-state index contributed by atoms with van der Waals surface area (Å²) in [6.07, 6.45) is -4.43. The number of aliphatic hydroxyl groups is 1. The van der Waals surface area contributed by atoms with Gasteiger partial charge in [0.25, 0.3) is 0 Å². The molecular weight excluding hydrogens is 243 g/mol. The highest BCUT2D eigenvalue weighted by Crippen LogP contribution is 2.33. The molecule has 1 aromatic carbocycles. The molecule has 1 unspecified atom stereocenters. The van der Waals surface area contributed by atoms with Gasteiger partial charge in [0.15, 0.2) is 0 Å². The molecule has 1 aromatic rings. The Morgan fingerprint density at radius 2 is 2.00 bits per heavy atom. The second kappa shape index (κ2) is 4.51. The number of alkyl halides is 3. The quantitative estimate of drug-likeness (QED) is 0.744. The molecule has 0 spiro atoms. The number of anilines is 1. The van der Waals surface area contributed by atoms with Crippen molar-refractivity contribution >= 4 is 18.1 Å². The van der Waals surface area contributed by atoms with Gasteiger partial charge in [-0.05, 0) is 17.7 Å². The maximum Gasteiger partial charge on any atom is 0.416 e. The molecule has 0 bridgehead atoms. The normalized spacial score (nSPS) is 19.4. The van der Waals surface area contributed by atoms with Crippen LogP contribution in [0, 0.1) is 0 Å². The Labute approximate surface area is 96.9 Å². The largest absolute Gasteiger partial charge is 0.416 e. The van der Waals surface area contributed by atoms with Crippen molar-refractivity contribution in [1.82, 2.24) is 0 Å². The van der Waals surface area contributed by atoms with Gasteiger partial charge in [-0.3, -0.25) is 0 Å². The summed E-state index contributed by atoms with van der Waals surface area (Å²) in [4.78, 5) is 0. The van der Waals surface area contributed by atoms with Crippen LogP contribution in [0.5, 0.6) is 0 Å². The fraction of sp³-hybridized carbons (Fsp3) is 0.400. The SMILES string of the molecule is Cl.OC1CNc2cc(C(F)(F)F)ccc2C1. The van der Waals surface area contributed by atoms with Crippen LogP contribution in [0.1, 0.15) is 11.1 Å². The Bertz CT molecular complexity index is 381. The molecule has 2 N–H and O–H groups in total. The van der Waals surface area contributed by atoms with Crippen LogP contribution >= 0.6 is 12.4 Å². The predicted octanol–water partition coefficient (Wildman–Crippen LogP) is 2.46. The lowest BCUT2D eigenvalue weighted by molar-refractivity contribution is -0.137. The number of nitrogens with one attached hydrogen (secondary N) is 1. The van der Waals surface area contributed by atoms with Crippen LogP contribution in [0.2, 0.25) is 0 Å². The smallest absolute Gasteiger partial charge is 0.391 e. The number of hydrogen-bond acceptors (Lipinski definition) is 2. The molecule has 90 valence electrons. The predicted molar refractivity (Wildman–Crippen MR) is 56.9 cm³/mol. The van der Waals surface area contributed by atoms with Crippen molar-refractivity contribution in [3.05, 3.63) is 29.3 Å². The van der Waals surface area contributed by atoms with Crippen molar-refractivity contribution in [2.45, 2.75) is 18.7 Å². The van der Waals surface area contributed by atoms with Crippen LogP contribution in [0.25, 0.3) is 0 Å². The number of fused-ring (bicyclic) bond motifs is 1. The van der Waals surface area contributed by atoms with Crippen LogP contribution in [-0.2, 0) is 12.6 Å². The minimum atomic E-state index is -4.31. The summed E-state index contributed by atoms with van der Waals surface area (Å²) < 4.78 is 37.1. The van der Waals surface area contributed by atoms with Gasteiger partial charge in [0.2, 0.25) is 0 Å². The molecule has 1 aliphatic rings. The minimum absolute atomic E-state index is 0. The van der Waals surface area contributed by atoms with Gasteiger partial charge in [0, 0.05) is 18.7 Å². The van der Waals surface area contributed by atoms with Gasteiger partial charge < -0.3 is 10.4 Å². The highest BCUT2D eigenvalue weighted by atomic mass is 35.5. The summed E-state index contributed by atoms with van der Waals surface area (Å²) >= 11 is 0. The van der Waals surface area contributed by atoms with Gasteiger partial charge in [0.1, 0.15) is 0 Å². The first-order valence-corrected chi connectivity index (χ1v) is 4.59. The molecular formula is C10H11ClF3NO. The minimum Gasteiger partial charge on any atom is -0.391 e. The first kappa shape index (κ1) is 13.1. The van der Waals surface area contributed by atoms with Gasteiger partial charge in [-0.1, -0.05) is 6.07 Å². The summed E-state index contributed by atoms with van der Waals surface area (Å²) in [5.74, 6) is 0. The number of aliphatic hydroxyl groups excluding tert-OH is 1. The number of benzene rings is 1. The summed E-state index contributed by atoms with van der Waals surface area (Å²) in [7, 11) is 0. The van der Waals surface area contributed by atoms with Crippen molar-refractivity contribution in [2.24, 2.45) is 0 Å². The van der Waals surface area contributed by atoms with Crippen molar-refractivity contribution < 1.29 is 18.3 Å². The summed E-state index contributed by atoms with van der Waals surface area (Å²) in [6.45, 7) is 0.300. The van der Waals surface area contributed by atoms with E-state index in [0.717, 1.165) is 17.7 Å². The molecule has 0 saturated carbocycles. The van der Waals surface area contributed by atoms with E-state index in [1.54, 1.807) is 0 Å². The number of hydrogen-bond donors (Lipinski definition) is 2. The zero-order valence-electron chi connectivity index (χ0n) is 8.21. The maximum absolute atomic E-state index is 12.4. The van der Waals surface area contributed by atoms with E-state index < -0.39 is 17.8 Å². The van der Waals surface area contributed by atoms with Gasteiger partial charge in [-0.25, -0.2) is 0 Å². The number of rotatable bonds is 0. The third-order valence-corrected chi connectivity index (χ3v) is 2.42. The fourth-order valence-electron chi connectivity index (χ4n) is 1.65. The van der Waals surface area contributed by atoms with Gasteiger partial charge in [0.05, 0.1) is 11.7 Å². The third kappa shape index (κ3) is 2.59. The lowest BCUT2D eigenvalue weighted by Crippen LogP contribution is -2.27. The zero-order valence-corrected chi connectivity index (χ0v) is 9.03. The van der Waals surface area contributed by atoms with Gasteiger partial charge >= 0.3 is 6.18 Å². The monoisotopic (exact) mass is 253 g/mol. The molecule has 16 heavy (non-hydrogen) atoms. The molecule has 1 aliphatic heterocycles. The third-order valence-electron chi connectivity index (χ3n) is 2.42. The molecule has 0 saturated heterocycles. The van der Waals surface area contributed by atoms with E-state index in [2.05, 4.69) is 5.32 Å². The lowest BCUT2D eigenvalue weighted by Gasteiger charge is -2.23. The van der Waals surface area contributed by atoms with Crippen LogP contribution in [0.15, 0.2) is 18.2 Å². The van der Waals surface area contributed by atoms with E-state index in [4.69, 9.17) is 0 Å². The lowest BCUT2D eigenvalue weighted by atomic mass is 9.99. The average molecular weight is 254 g/mol. The van der Waals surface area contributed by atoms with Crippen molar-refractivity contribution in [3.8, 4) is 0 Å². The van der Waals surface area contributed by atoms with Crippen LogP contribution in [0.4, 0.5) is 18.9 Å². The number of halogens is 4. The first-order chi connectivity index (χ1) is 6.97. The topological polar surface area (TPSA) is 32.3 Å². The van der Waals surface area contributed by atoms with E-state index in [0.29, 0.717) is 18.7 Å². The maximum atomic E-state index is 12.4. The molecule has 0 fully saturated rings. The van der Waals surface area contributed by atoms with E-state index in [1.165, 1.54) is 6.07 Å². The van der Waals surface area contributed by atoms with Crippen molar-refractivity contribution in [3.63, 3.8) is 0 Å². The van der Waals surface area contributed by atoms with Gasteiger partial charge in [-0.2, -0.15) is 13.2 Å². The van der Waals surface area contributed by atoms with E-state index in [1.807, 2.05) is 0 Å². The molecule has 6 heteroatoms. The van der Waals surface area contributed by atoms with Crippen LogP contribution < -0.4 is 5.32 Å². The zero-order chi connectivity index (χ0) is 11.1. The van der Waals surface area contributed by atoms with Crippen molar-refractivity contribution in [2.75, 3.05) is 11.9 Å². The molecule has 1 atom stereocenters.